The topological polar surface area (TPSA) is 73.2 Å². The molecule has 1 atom stereocenters. The summed E-state index contributed by atoms with van der Waals surface area (Å²) in [4.78, 5) is 23.9. The maximum absolute atomic E-state index is 12.0. The Kier molecular flexibility index (Phi) is 5.52. The Labute approximate surface area is 141 Å². The van der Waals surface area contributed by atoms with Crippen LogP contribution in [0.1, 0.15) is 23.9 Å². The quantitative estimate of drug-likeness (QED) is 0.677. The zero-order valence-electron chi connectivity index (χ0n) is 14.2. The number of esters is 1. The van der Waals surface area contributed by atoms with Crippen molar-refractivity contribution in [2.24, 2.45) is 7.05 Å². The Hall–Kier alpha value is -2.89. The van der Waals surface area contributed by atoms with Crippen LogP contribution in [-0.4, -0.2) is 27.8 Å². The molecule has 1 heterocycles. The first-order chi connectivity index (χ1) is 11.4. The van der Waals surface area contributed by atoms with Crippen LogP contribution in [0, 0.1) is 13.8 Å². The zero-order valence-corrected chi connectivity index (χ0v) is 14.2. The standard InChI is InChI=1S/C18H21N3O3/c1-12-16(13(2)21(4)20-12)10-11-17(22)24-14(3)18(23)19-15-8-6-5-7-9-15/h5-11,14H,1-4H3,(H,19,23)/b11-10+/t14-/m1/s1. The first-order valence-electron chi connectivity index (χ1n) is 7.63. The van der Waals surface area contributed by atoms with Gasteiger partial charge in [-0.25, -0.2) is 4.79 Å². The smallest absolute Gasteiger partial charge is 0.331 e. The van der Waals surface area contributed by atoms with Crippen LogP contribution < -0.4 is 5.32 Å². The number of carbonyl (C=O) groups is 2. The molecule has 0 saturated carbocycles. The second kappa shape index (κ2) is 7.59. The summed E-state index contributed by atoms with van der Waals surface area (Å²) in [7, 11) is 1.84. The Morgan fingerprint density at radius 2 is 1.92 bits per heavy atom. The summed E-state index contributed by atoms with van der Waals surface area (Å²) in [6.45, 7) is 5.32. The number of hydrogen-bond donors (Lipinski definition) is 1. The average molecular weight is 327 g/mol. The summed E-state index contributed by atoms with van der Waals surface area (Å²) in [6, 6.07) is 9.01. The lowest BCUT2D eigenvalue weighted by Gasteiger charge is -2.12. The Bertz CT molecular complexity index is 763. The van der Waals surface area contributed by atoms with Gasteiger partial charge in [-0.1, -0.05) is 18.2 Å². The van der Waals surface area contributed by atoms with Gasteiger partial charge < -0.3 is 10.1 Å². The van der Waals surface area contributed by atoms with E-state index in [-0.39, 0.29) is 5.91 Å². The van der Waals surface area contributed by atoms with E-state index in [0.29, 0.717) is 5.69 Å². The van der Waals surface area contributed by atoms with Gasteiger partial charge in [0.05, 0.1) is 5.69 Å². The molecule has 0 unspecified atom stereocenters. The van der Waals surface area contributed by atoms with E-state index in [2.05, 4.69) is 10.4 Å². The molecular formula is C18H21N3O3. The Morgan fingerprint density at radius 3 is 2.50 bits per heavy atom. The first-order valence-corrected chi connectivity index (χ1v) is 7.63. The number of carbonyl (C=O) groups excluding carboxylic acids is 2. The van der Waals surface area contributed by atoms with Gasteiger partial charge in [0.1, 0.15) is 0 Å². The highest BCUT2D eigenvalue weighted by Gasteiger charge is 2.16. The summed E-state index contributed by atoms with van der Waals surface area (Å²) in [5.74, 6) is -0.954. The fourth-order valence-electron chi connectivity index (χ4n) is 2.21. The third-order valence-electron chi connectivity index (χ3n) is 3.65. The van der Waals surface area contributed by atoms with Gasteiger partial charge in [0.15, 0.2) is 6.10 Å². The maximum atomic E-state index is 12.0. The number of ether oxygens (including phenoxy) is 1. The molecule has 0 fully saturated rings. The molecule has 0 saturated heterocycles. The van der Waals surface area contributed by atoms with E-state index in [1.807, 2.05) is 39.1 Å². The number of aryl methyl sites for hydroxylation is 2. The van der Waals surface area contributed by atoms with Gasteiger partial charge in [-0.3, -0.25) is 9.48 Å². The summed E-state index contributed by atoms with van der Waals surface area (Å²) >= 11 is 0. The van der Waals surface area contributed by atoms with E-state index in [9.17, 15) is 9.59 Å². The minimum Gasteiger partial charge on any atom is -0.449 e. The van der Waals surface area contributed by atoms with Crippen LogP contribution in [0.4, 0.5) is 5.69 Å². The minimum atomic E-state index is -0.890. The SMILES string of the molecule is Cc1nn(C)c(C)c1/C=C/C(=O)O[C@H](C)C(=O)Nc1ccccc1. The monoisotopic (exact) mass is 327 g/mol. The summed E-state index contributed by atoms with van der Waals surface area (Å²) in [6.07, 6.45) is 2.07. The number of aromatic nitrogens is 2. The molecule has 0 bridgehead atoms. The number of para-hydroxylation sites is 1. The molecule has 0 radical (unpaired) electrons. The normalized spacial score (nSPS) is 12.2. The molecule has 2 rings (SSSR count). The first kappa shape index (κ1) is 17.5. The fraction of sp³-hybridized carbons (Fsp3) is 0.278. The third kappa shape index (κ3) is 4.32. The fourth-order valence-corrected chi connectivity index (χ4v) is 2.21. The van der Waals surface area contributed by atoms with Gasteiger partial charge in [0.25, 0.3) is 5.91 Å². The molecule has 1 aromatic heterocycles. The van der Waals surface area contributed by atoms with Crippen LogP contribution in [0.15, 0.2) is 36.4 Å². The molecule has 24 heavy (non-hydrogen) atoms. The van der Waals surface area contributed by atoms with E-state index in [4.69, 9.17) is 4.74 Å². The van der Waals surface area contributed by atoms with Gasteiger partial charge >= 0.3 is 5.97 Å². The van der Waals surface area contributed by atoms with Crippen LogP contribution in [0.5, 0.6) is 0 Å². The number of benzene rings is 1. The van der Waals surface area contributed by atoms with E-state index in [1.165, 1.54) is 13.0 Å². The number of anilines is 1. The highest BCUT2D eigenvalue weighted by Crippen LogP contribution is 2.14. The van der Waals surface area contributed by atoms with Gasteiger partial charge in [-0.15, -0.1) is 0 Å². The summed E-state index contributed by atoms with van der Waals surface area (Å²) in [5.41, 5.74) is 3.30. The van der Waals surface area contributed by atoms with Crippen molar-refractivity contribution in [1.29, 1.82) is 0 Å². The van der Waals surface area contributed by atoms with Crippen LogP contribution in [0.25, 0.3) is 6.08 Å². The predicted molar refractivity (Wildman–Crippen MR) is 92.3 cm³/mol. The molecule has 0 spiro atoms. The minimum absolute atomic E-state index is 0.378. The van der Waals surface area contributed by atoms with Crippen molar-refractivity contribution in [3.63, 3.8) is 0 Å². The molecule has 1 N–H and O–H groups in total. The third-order valence-corrected chi connectivity index (χ3v) is 3.65. The van der Waals surface area contributed by atoms with Crippen molar-refractivity contribution in [3.8, 4) is 0 Å². The molecule has 0 aliphatic carbocycles. The van der Waals surface area contributed by atoms with Crippen molar-refractivity contribution in [2.75, 3.05) is 5.32 Å². The molecule has 0 aliphatic rings. The maximum Gasteiger partial charge on any atom is 0.331 e. The average Bonchev–Trinajstić information content (AvgIpc) is 2.79. The Balaban J connectivity index is 1.94. The molecule has 0 aliphatic heterocycles. The van der Waals surface area contributed by atoms with Crippen molar-refractivity contribution < 1.29 is 14.3 Å². The molecule has 1 aromatic carbocycles. The van der Waals surface area contributed by atoms with Crippen LogP contribution in [0.2, 0.25) is 0 Å². The number of nitrogens with zero attached hydrogens (tertiary/aromatic N) is 2. The van der Waals surface area contributed by atoms with Gasteiger partial charge in [0, 0.05) is 30.1 Å². The molecule has 1 amide bonds. The summed E-state index contributed by atoms with van der Waals surface area (Å²) < 4.78 is 6.87. The Morgan fingerprint density at radius 1 is 1.25 bits per heavy atom. The van der Waals surface area contributed by atoms with Gasteiger partial charge in [-0.2, -0.15) is 5.10 Å². The van der Waals surface area contributed by atoms with Gasteiger partial charge in [0.2, 0.25) is 0 Å². The second-order valence-corrected chi connectivity index (χ2v) is 5.48. The number of nitrogens with one attached hydrogen (secondary N) is 1. The lowest BCUT2D eigenvalue weighted by molar-refractivity contribution is -0.148. The highest BCUT2D eigenvalue weighted by atomic mass is 16.5. The lowest BCUT2D eigenvalue weighted by atomic mass is 10.2. The lowest BCUT2D eigenvalue weighted by Crippen LogP contribution is -2.29. The number of amides is 1. The van der Waals surface area contributed by atoms with Crippen molar-refractivity contribution in [1.82, 2.24) is 9.78 Å². The zero-order chi connectivity index (χ0) is 17.7. The summed E-state index contributed by atoms with van der Waals surface area (Å²) in [5, 5.41) is 6.96. The van der Waals surface area contributed by atoms with Crippen molar-refractivity contribution in [3.05, 3.63) is 53.4 Å². The number of rotatable bonds is 5. The molecular weight excluding hydrogens is 306 g/mol. The number of hydrogen-bond acceptors (Lipinski definition) is 4. The van der Waals surface area contributed by atoms with E-state index < -0.39 is 12.1 Å². The van der Waals surface area contributed by atoms with Crippen LogP contribution in [0.3, 0.4) is 0 Å². The van der Waals surface area contributed by atoms with E-state index >= 15 is 0 Å². The molecule has 2 aromatic rings. The van der Waals surface area contributed by atoms with Crippen LogP contribution >= 0.6 is 0 Å². The molecule has 6 heteroatoms. The largest absolute Gasteiger partial charge is 0.449 e. The van der Waals surface area contributed by atoms with E-state index in [0.717, 1.165) is 17.0 Å². The van der Waals surface area contributed by atoms with Gasteiger partial charge in [-0.05, 0) is 39.0 Å². The van der Waals surface area contributed by atoms with E-state index in [1.54, 1.807) is 22.9 Å². The molecule has 126 valence electrons. The van der Waals surface area contributed by atoms with Crippen LogP contribution in [-0.2, 0) is 21.4 Å². The van der Waals surface area contributed by atoms with Crippen molar-refractivity contribution in [2.45, 2.75) is 26.9 Å². The second-order valence-electron chi connectivity index (χ2n) is 5.48. The van der Waals surface area contributed by atoms with Crippen molar-refractivity contribution >= 4 is 23.6 Å². The predicted octanol–water partition coefficient (Wildman–Crippen LogP) is 2.62. The highest BCUT2D eigenvalue weighted by molar-refractivity contribution is 5.96. The molecule has 6 nitrogen and oxygen atoms in total.